The summed E-state index contributed by atoms with van der Waals surface area (Å²) >= 11 is 0. The first-order valence-electron chi connectivity index (χ1n) is 16.3. The molecule has 3 nitrogen and oxygen atoms in total. The van der Waals surface area contributed by atoms with E-state index in [1.165, 1.54) is 37.7 Å². The first-order chi connectivity index (χ1) is 18.9. The summed E-state index contributed by atoms with van der Waals surface area (Å²) in [5.74, 6) is 5.13. The molecule has 9 atom stereocenters. The molecule has 3 fully saturated rings. The van der Waals surface area contributed by atoms with Crippen LogP contribution in [0.5, 0.6) is 0 Å². The van der Waals surface area contributed by atoms with Crippen LogP contribution in [0.2, 0.25) is 0 Å². The standard InChI is InChI=1S/C36H54O3S/c1-8-27(24(2)3)12-11-26(5)32-17-18-33-31-16-13-28-23-29(39-40(37,38)30-14-9-25(4)10-15-30)19-21-35(28,6)34(31)20-22-36(32,33)7/h9-15,24,26-27,29,31-34H,8,16-23H2,1-7H3/b12-11-/t26-,27+,29+,31+,32-,33+,34+,35+,36-/m1/s1. The Kier molecular flexibility index (Phi) is 8.54. The van der Waals surface area contributed by atoms with E-state index < -0.39 is 10.1 Å². The van der Waals surface area contributed by atoms with Crippen LogP contribution in [0.1, 0.15) is 105 Å². The van der Waals surface area contributed by atoms with Crippen molar-refractivity contribution in [2.75, 3.05) is 0 Å². The van der Waals surface area contributed by atoms with E-state index in [2.05, 4.69) is 59.8 Å². The summed E-state index contributed by atoms with van der Waals surface area (Å²) in [6.45, 7) is 16.6. The van der Waals surface area contributed by atoms with Gasteiger partial charge in [-0.3, -0.25) is 4.18 Å². The van der Waals surface area contributed by atoms with Crippen LogP contribution in [0.15, 0.2) is 53.0 Å². The van der Waals surface area contributed by atoms with Crippen LogP contribution in [0.4, 0.5) is 0 Å². The lowest BCUT2D eigenvalue weighted by atomic mass is 9.47. The fourth-order valence-corrected chi connectivity index (χ4v) is 10.9. The Labute approximate surface area is 245 Å². The Hall–Kier alpha value is -1.39. The third kappa shape index (κ3) is 5.41. The lowest BCUT2D eigenvalue weighted by Crippen LogP contribution is -2.51. The maximum absolute atomic E-state index is 13.0. The summed E-state index contributed by atoms with van der Waals surface area (Å²) < 4.78 is 31.9. The number of benzene rings is 1. The second-order valence-electron chi connectivity index (χ2n) is 14.8. The fraction of sp³-hybridized carbons (Fsp3) is 0.722. The highest BCUT2D eigenvalue weighted by Gasteiger charge is 2.59. The summed E-state index contributed by atoms with van der Waals surface area (Å²) in [7, 11) is -3.74. The first-order valence-corrected chi connectivity index (χ1v) is 17.7. The molecule has 0 unspecified atom stereocenters. The second kappa shape index (κ2) is 11.4. The van der Waals surface area contributed by atoms with Gasteiger partial charge in [-0.1, -0.05) is 83.0 Å². The first kappa shape index (κ1) is 30.1. The summed E-state index contributed by atoms with van der Waals surface area (Å²) in [5.41, 5.74) is 3.15. The van der Waals surface area contributed by atoms with Crippen molar-refractivity contribution >= 4 is 10.1 Å². The molecule has 0 N–H and O–H groups in total. The molecule has 0 heterocycles. The molecule has 0 saturated heterocycles. The number of aryl methyl sites for hydroxylation is 1. The van der Waals surface area contributed by atoms with Crippen LogP contribution in [0, 0.1) is 59.2 Å². The third-order valence-corrected chi connectivity index (χ3v) is 13.7. The highest BCUT2D eigenvalue weighted by molar-refractivity contribution is 7.86. The van der Waals surface area contributed by atoms with Crippen molar-refractivity contribution in [3.8, 4) is 0 Å². The molecule has 0 aromatic heterocycles. The molecule has 40 heavy (non-hydrogen) atoms. The quantitative estimate of drug-likeness (QED) is 0.232. The molecule has 0 amide bonds. The summed E-state index contributed by atoms with van der Waals surface area (Å²) in [6, 6.07) is 7.01. The number of fused-ring (bicyclic) bond motifs is 5. The lowest BCUT2D eigenvalue weighted by molar-refractivity contribution is -0.0523. The third-order valence-electron chi connectivity index (χ3n) is 12.3. The van der Waals surface area contributed by atoms with Crippen molar-refractivity contribution in [3.63, 3.8) is 0 Å². The molecule has 1 aromatic carbocycles. The largest absolute Gasteiger partial charge is 0.297 e. The van der Waals surface area contributed by atoms with Gasteiger partial charge in [0.25, 0.3) is 10.1 Å². The van der Waals surface area contributed by atoms with Gasteiger partial charge in [0.15, 0.2) is 0 Å². The molecule has 222 valence electrons. The second-order valence-corrected chi connectivity index (χ2v) is 16.3. The maximum Gasteiger partial charge on any atom is 0.297 e. The minimum atomic E-state index is -3.74. The number of hydrogen-bond donors (Lipinski definition) is 0. The van der Waals surface area contributed by atoms with E-state index in [1.54, 1.807) is 12.1 Å². The van der Waals surface area contributed by atoms with Gasteiger partial charge in [0.2, 0.25) is 0 Å². The van der Waals surface area contributed by atoms with Crippen LogP contribution in [0.25, 0.3) is 0 Å². The van der Waals surface area contributed by atoms with Crippen LogP contribution >= 0.6 is 0 Å². The molecule has 4 aliphatic carbocycles. The van der Waals surface area contributed by atoms with E-state index in [0.29, 0.717) is 23.2 Å². The molecular weight excluding hydrogens is 512 g/mol. The molecule has 3 saturated carbocycles. The molecule has 0 aliphatic heterocycles. The van der Waals surface area contributed by atoms with Gasteiger partial charge in [0, 0.05) is 0 Å². The summed E-state index contributed by atoms with van der Waals surface area (Å²) in [6.07, 6.45) is 17.8. The topological polar surface area (TPSA) is 43.4 Å². The highest BCUT2D eigenvalue weighted by Crippen LogP contribution is 2.67. The van der Waals surface area contributed by atoms with Crippen molar-refractivity contribution < 1.29 is 12.6 Å². The zero-order valence-electron chi connectivity index (χ0n) is 26.2. The van der Waals surface area contributed by atoms with E-state index in [0.717, 1.165) is 54.9 Å². The van der Waals surface area contributed by atoms with Crippen molar-refractivity contribution in [3.05, 3.63) is 53.6 Å². The summed E-state index contributed by atoms with van der Waals surface area (Å²) in [4.78, 5) is 0.268. The van der Waals surface area contributed by atoms with Gasteiger partial charge in [0.1, 0.15) is 0 Å². The van der Waals surface area contributed by atoms with Crippen LogP contribution in [-0.4, -0.2) is 14.5 Å². The predicted molar refractivity (Wildman–Crippen MR) is 165 cm³/mol. The zero-order chi connectivity index (χ0) is 28.9. The SMILES string of the molecule is CC[C@@H](/C=C\[C@@H](C)[C@H]1CC[C@H]2[C@@H]3CC=C4C[C@@H](OS(=O)(=O)c5ccc(C)cc5)CC[C@]4(C)[C@H]3CC[C@]12C)C(C)C. The average Bonchev–Trinajstić information content (AvgIpc) is 3.26. The van der Waals surface area contributed by atoms with E-state index in [4.69, 9.17) is 4.18 Å². The molecule has 4 aliphatic rings. The highest BCUT2D eigenvalue weighted by atomic mass is 32.2. The van der Waals surface area contributed by atoms with Gasteiger partial charge >= 0.3 is 0 Å². The normalized spacial score (nSPS) is 37.5. The van der Waals surface area contributed by atoms with Crippen LogP contribution < -0.4 is 0 Å². The molecular formula is C36H54O3S. The van der Waals surface area contributed by atoms with Gasteiger partial charge in [-0.25, -0.2) is 0 Å². The van der Waals surface area contributed by atoms with E-state index in [-0.39, 0.29) is 16.4 Å². The Morgan fingerprint density at radius 3 is 2.38 bits per heavy atom. The van der Waals surface area contributed by atoms with Crippen molar-refractivity contribution in [2.45, 2.75) is 117 Å². The number of rotatable bonds is 8. The molecule has 5 rings (SSSR count). The Morgan fingerprint density at radius 1 is 0.975 bits per heavy atom. The maximum atomic E-state index is 13.0. The lowest BCUT2D eigenvalue weighted by Gasteiger charge is -2.58. The Bertz CT molecular complexity index is 1210. The van der Waals surface area contributed by atoms with E-state index in [1.807, 2.05) is 19.1 Å². The minimum Gasteiger partial charge on any atom is -0.263 e. The Morgan fingerprint density at radius 2 is 1.70 bits per heavy atom. The smallest absolute Gasteiger partial charge is 0.263 e. The molecule has 0 spiro atoms. The van der Waals surface area contributed by atoms with Crippen molar-refractivity contribution in [1.29, 1.82) is 0 Å². The van der Waals surface area contributed by atoms with Gasteiger partial charge in [-0.15, -0.1) is 0 Å². The summed E-state index contributed by atoms with van der Waals surface area (Å²) in [5, 5.41) is 0. The predicted octanol–water partition coefficient (Wildman–Crippen LogP) is 9.52. The van der Waals surface area contributed by atoms with Gasteiger partial charge in [0.05, 0.1) is 11.0 Å². The molecule has 4 heteroatoms. The number of allylic oxidation sites excluding steroid dienone is 3. The molecule has 0 bridgehead atoms. The molecule has 0 radical (unpaired) electrons. The van der Waals surface area contributed by atoms with Crippen LogP contribution in [-0.2, 0) is 14.3 Å². The monoisotopic (exact) mass is 566 g/mol. The Balaban J connectivity index is 1.28. The van der Waals surface area contributed by atoms with Crippen molar-refractivity contribution in [1.82, 2.24) is 0 Å². The zero-order valence-corrected chi connectivity index (χ0v) is 27.0. The van der Waals surface area contributed by atoms with E-state index in [9.17, 15) is 8.42 Å². The van der Waals surface area contributed by atoms with Gasteiger partial charge in [-0.05, 0) is 129 Å². The fourth-order valence-electron chi connectivity index (χ4n) is 9.84. The number of hydrogen-bond acceptors (Lipinski definition) is 3. The van der Waals surface area contributed by atoms with Gasteiger partial charge in [-0.2, -0.15) is 8.42 Å². The minimum absolute atomic E-state index is 0.187. The van der Waals surface area contributed by atoms with Gasteiger partial charge < -0.3 is 0 Å². The molecule has 1 aromatic rings. The van der Waals surface area contributed by atoms with E-state index >= 15 is 0 Å². The average molecular weight is 567 g/mol. The van der Waals surface area contributed by atoms with Crippen molar-refractivity contribution in [2.24, 2.45) is 52.3 Å². The van der Waals surface area contributed by atoms with Crippen LogP contribution in [0.3, 0.4) is 0 Å².